The summed E-state index contributed by atoms with van der Waals surface area (Å²) in [6, 6.07) is 43.0. The molecule has 0 saturated heterocycles. The predicted molar refractivity (Wildman–Crippen MR) is 190 cm³/mol. The monoisotopic (exact) mass is 594 g/mol. The zero-order valence-corrected chi connectivity index (χ0v) is 26.0. The molecule has 4 heteroatoms. The molecule has 1 atom stereocenters. The first-order valence-electron chi connectivity index (χ1n) is 16.0. The summed E-state index contributed by atoms with van der Waals surface area (Å²) in [5.74, 6) is 2.49. The molecule has 4 nitrogen and oxygen atoms in total. The van der Waals surface area contributed by atoms with Gasteiger partial charge in [-0.3, -0.25) is 4.57 Å². The second-order valence-corrected chi connectivity index (χ2v) is 12.2. The zero-order chi connectivity index (χ0) is 31.0. The van der Waals surface area contributed by atoms with Crippen LogP contribution in [-0.4, -0.2) is 19.5 Å². The molecule has 2 heterocycles. The lowest BCUT2D eigenvalue weighted by Gasteiger charge is -2.18. The van der Waals surface area contributed by atoms with E-state index in [-0.39, 0.29) is 5.92 Å². The minimum Gasteiger partial charge on any atom is -0.277 e. The van der Waals surface area contributed by atoms with E-state index in [1.807, 2.05) is 18.2 Å². The van der Waals surface area contributed by atoms with Gasteiger partial charge >= 0.3 is 0 Å². The van der Waals surface area contributed by atoms with Crippen molar-refractivity contribution in [1.82, 2.24) is 19.5 Å². The molecule has 0 N–H and O–H groups in total. The van der Waals surface area contributed by atoms with Crippen molar-refractivity contribution in [1.29, 1.82) is 0 Å². The number of hydrogen-bond acceptors (Lipinski definition) is 3. The van der Waals surface area contributed by atoms with Crippen molar-refractivity contribution < 1.29 is 0 Å². The van der Waals surface area contributed by atoms with Gasteiger partial charge in [0.25, 0.3) is 0 Å². The zero-order valence-electron chi connectivity index (χ0n) is 26.0. The van der Waals surface area contributed by atoms with E-state index >= 15 is 0 Å². The van der Waals surface area contributed by atoms with Gasteiger partial charge in [0.1, 0.15) is 5.82 Å². The minimum absolute atomic E-state index is 0.0757. The predicted octanol–water partition coefficient (Wildman–Crippen LogP) is 10.7. The number of fused-ring (bicyclic) bond motifs is 3. The molecule has 1 unspecified atom stereocenters. The average Bonchev–Trinajstić information content (AvgIpc) is 3.46. The van der Waals surface area contributed by atoms with Gasteiger partial charge in [-0.25, -0.2) is 4.98 Å². The first-order chi connectivity index (χ1) is 22.7. The van der Waals surface area contributed by atoms with Gasteiger partial charge in [-0.2, -0.15) is 9.97 Å². The highest BCUT2D eigenvalue weighted by molar-refractivity contribution is 6.15. The van der Waals surface area contributed by atoms with E-state index in [1.165, 1.54) is 38.6 Å². The lowest BCUT2D eigenvalue weighted by molar-refractivity contribution is 0.750. The quantitative estimate of drug-likeness (QED) is 0.192. The molecule has 0 bridgehead atoms. The number of nitrogens with zero attached hydrogens (tertiary/aromatic N) is 4. The van der Waals surface area contributed by atoms with E-state index < -0.39 is 0 Å². The SMILES string of the molecule is CC(C)c1ccc2c3cc(-c4ccccc4)ccc3n(-c3nc(-c4ccccc4)nc(C4C=CC=CC4)n3)c2c1-c1ccccc1. The van der Waals surface area contributed by atoms with Crippen molar-refractivity contribution >= 4 is 21.8 Å². The summed E-state index contributed by atoms with van der Waals surface area (Å²) in [5, 5.41) is 2.35. The Morgan fingerprint density at radius 1 is 0.630 bits per heavy atom. The fourth-order valence-corrected chi connectivity index (χ4v) is 6.67. The Balaban J connectivity index is 1.50. The van der Waals surface area contributed by atoms with Gasteiger partial charge in [0.2, 0.25) is 5.95 Å². The Hall–Kier alpha value is -5.61. The molecule has 2 aromatic heterocycles. The van der Waals surface area contributed by atoms with Crippen molar-refractivity contribution in [3.63, 3.8) is 0 Å². The normalized spacial score (nSPS) is 14.5. The average molecular weight is 595 g/mol. The maximum Gasteiger partial charge on any atom is 0.238 e. The topological polar surface area (TPSA) is 43.6 Å². The third-order valence-corrected chi connectivity index (χ3v) is 8.94. The fraction of sp³-hybridized carbons (Fsp3) is 0.119. The molecule has 1 aliphatic rings. The van der Waals surface area contributed by atoms with Crippen LogP contribution in [0, 0.1) is 0 Å². The van der Waals surface area contributed by atoms with Crippen LogP contribution >= 0.6 is 0 Å². The molecule has 0 spiro atoms. The van der Waals surface area contributed by atoms with E-state index in [1.54, 1.807) is 0 Å². The van der Waals surface area contributed by atoms with E-state index in [9.17, 15) is 0 Å². The number of rotatable bonds is 6. The first kappa shape index (κ1) is 27.9. The van der Waals surface area contributed by atoms with Crippen molar-refractivity contribution in [2.75, 3.05) is 0 Å². The Morgan fingerprint density at radius 3 is 2.00 bits per heavy atom. The molecule has 0 aliphatic heterocycles. The van der Waals surface area contributed by atoms with Gasteiger partial charge in [-0.05, 0) is 46.7 Å². The smallest absolute Gasteiger partial charge is 0.238 e. The van der Waals surface area contributed by atoms with Crippen molar-refractivity contribution in [3.8, 4) is 39.6 Å². The molecule has 8 rings (SSSR count). The number of benzene rings is 5. The molecule has 46 heavy (non-hydrogen) atoms. The van der Waals surface area contributed by atoms with Gasteiger partial charge < -0.3 is 0 Å². The molecule has 1 aliphatic carbocycles. The van der Waals surface area contributed by atoms with Gasteiger partial charge in [0.05, 0.1) is 11.0 Å². The van der Waals surface area contributed by atoms with E-state index in [0.717, 1.165) is 28.8 Å². The second kappa shape index (κ2) is 11.7. The molecule has 7 aromatic rings. The number of hydrogen-bond donors (Lipinski definition) is 0. The minimum atomic E-state index is 0.0757. The Morgan fingerprint density at radius 2 is 1.33 bits per heavy atom. The molecule has 5 aromatic carbocycles. The molecule has 0 radical (unpaired) electrons. The van der Waals surface area contributed by atoms with Crippen molar-refractivity contribution in [2.45, 2.75) is 32.1 Å². The van der Waals surface area contributed by atoms with Crippen molar-refractivity contribution in [3.05, 3.63) is 157 Å². The van der Waals surface area contributed by atoms with Gasteiger partial charge in [-0.1, -0.05) is 147 Å². The molecule has 0 fully saturated rings. The maximum atomic E-state index is 5.27. The van der Waals surface area contributed by atoms with Crippen LogP contribution in [0.5, 0.6) is 0 Å². The summed E-state index contributed by atoms with van der Waals surface area (Å²) >= 11 is 0. The highest BCUT2D eigenvalue weighted by Gasteiger charge is 2.24. The van der Waals surface area contributed by atoms with Crippen LogP contribution in [0.2, 0.25) is 0 Å². The molecule has 0 saturated carbocycles. The standard InChI is InChI=1S/C42H34N4/c1-28(2)34-24-25-35-36-27-33(29-15-7-3-8-16-29)23-26-37(36)46(39(35)38(34)30-17-9-4-10-18-30)42-44-40(31-19-11-5-12-20-31)43-41(45-42)32-21-13-6-14-22-32/h3-21,23-28,32H,22H2,1-2H3. The first-order valence-corrected chi connectivity index (χ1v) is 16.0. The Bertz CT molecular complexity index is 2250. The van der Waals surface area contributed by atoms with Gasteiger partial charge in [0, 0.05) is 27.8 Å². The highest BCUT2D eigenvalue weighted by atomic mass is 15.2. The summed E-state index contributed by atoms with van der Waals surface area (Å²) in [6.45, 7) is 4.54. The van der Waals surface area contributed by atoms with Crippen LogP contribution in [0.1, 0.15) is 43.5 Å². The maximum absolute atomic E-state index is 5.27. The summed E-state index contributed by atoms with van der Waals surface area (Å²) in [4.78, 5) is 15.6. The highest BCUT2D eigenvalue weighted by Crippen LogP contribution is 2.43. The molecule has 222 valence electrons. The van der Waals surface area contributed by atoms with Gasteiger partial charge in [0.15, 0.2) is 5.82 Å². The lowest BCUT2D eigenvalue weighted by Crippen LogP contribution is -2.11. The fourth-order valence-electron chi connectivity index (χ4n) is 6.67. The van der Waals surface area contributed by atoms with Crippen LogP contribution in [0.25, 0.3) is 61.4 Å². The third-order valence-electron chi connectivity index (χ3n) is 8.94. The molecule has 0 amide bonds. The Labute approximate surface area is 269 Å². The number of allylic oxidation sites excluding steroid dienone is 4. The lowest BCUT2D eigenvalue weighted by atomic mass is 9.90. The summed E-state index contributed by atoms with van der Waals surface area (Å²) in [5.41, 5.74) is 9.23. The summed E-state index contributed by atoms with van der Waals surface area (Å²) in [6.07, 6.45) is 9.42. The van der Waals surface area contributed by atoms with E-state index in [4.69, 9.17) is 15.0 Å². The van der Waals surface area contributed by atoms with Gasteiger partial charge in [-0.15, -0.1) is 0 Å². The Kier molecular flexibility index (Phi) is 7.11. The summed E-state index contributed by atoms with van der Waals surface area (Å²) in [7, 11) is 0. The van der Waals surface area contributed by atoms with Crippen molar-refractivity contribution in [2.24, 2.45) is 0 Å². The van der Waals surface area contributed by atoms with Crippen LogP contribution in [-0.2, 0) is 0 Å². The van der Waals surface area contributed by atoms with Crippen LogP contribution in [0.15, 0.2) is 146 Å². The van der Waals surface area contributed by atoms with E-state index in [0.29, 0.717) is 17.7 Å². The molecular formula is C42H34N4. The van der Waals surface area contributed by atoms with Crippen LogP contribution < -0.4 is 0 Å². The number of aromatic nitrogens is 4. The molecular weight excluding hydrogens is 560 g/mol. The summed E-state index contributed by atoms with van der Waals surface area (Å²) < 4.78 is 2.29. The van der Waals surface area contributed by atoms with Crippen LogP contribution in [0.3, 0.4) is 0 Å². The largest absolute Gasteiger partial charge is 0.277 e. The third kappa shape index (κ3) is 4.93. The second-order valence-electron chi connectivity index (χ2n) is 12.2. The van der Waals surface area contributed by atoms with Crippen LogP contribution in [0.4, 0.5) is 0 Å². The van der Waals surface area contributed by atoms with E-state index in [2.05, 4.69) is 146 Å².